The highest BCUT2D eigenvalue weighted by atomic mass is 32.2. The van der Waals surface area contributed by atoms with Crippen LogP contribution in [0.3, 0.4) is 0 Å². The smallest absolute Gasteiger partial charge is 0.229 e. The molecule has 1 saturated carbocycles. The number of rotatable bonds is 5. The Kier molecular flexibility index (Phi) is 5.91. The molecule has 29 heavy (non-hydrogen) atoms. The summed E-state index contributed by atoms with van der Waals surface area (Å²) in [4.78, 5) is 14.8. The Morgan fingerprint density at radius 3 is 2.10 bits per heavy atom. The molecule has 3 rings (SSSR count). The van der Waals surface area contributed by atoms with Gasteiger partial charge in [-0.15, -0.1) is 0 Å². The first-order valence-corrected chi connectivity index (χ1v) is 13.8. The number of carbonyl (C=O) groups is 1. The van der Waals surface area contributed by atoms with E-state index in [2.05, 4.69) is 0 Å². The first-order chi connectivity index (χ1) is 13.2. The molecule has 1 spiro atoms. The molecule has 168 valence electrons. The largest absolute Gasteiger partial charge is 0.348 e. The number of nitrogens with zero attached hydrogens (tertiary/aromatic N) is 3. The molecule has 0 aromatic heterocycles. The molecular weight excluding hydrogens is 414 g/mol. The van der Waals surface area contributed by atoms with Crippen molar-refractivity contribution in [1.29, 1.82) is 0 Å². The fraction of sp³-hybridized carbons (Fsp3) is 0.947. The van der Waals surface area contributed by atoms with E-state index in [0.717, 1.165) is 6.42 Å². The Morgan fingerprint density at radius 1 is 1.03 bits per heavy atom. The molecule has 3 fully saturated rings. The van der Waals surface area contributed by atoms with Crippen LogP contribution in [0.25, 0.3) is 0 Å². The minimum atomic E-state index is -3.39. The van der Waals surface area contributed by atoms with E-state index in [-0.39, 0.29) is 35.5 Å². The minimum absolute atomic E-state index is 0.000355. The second-order valence-electron chi connectivity index (χ2n) is 9.90. The number of carbonyl (C=O) groups excluding carboxylic acids is 1. The molecule has 0 unspecified atom stereocenters. The average Bonchev–Trinajstić information content (AvgIpc) is 3.11. The summed E-state index contributed by atoms with van der Waals surface area (Å²) in [6, 6.07) is 0. The maximum absolute atomic E-state index is 13.2. The predicted molar refractivity (Wildman–Crippen MR) is 112 cm³/mol. The Hall–Kier alpha value is -0.710. The van der Waals surface area contributed by atoms with Crippen molar-refractivity contribution in [3.05, 3.63) is 0 Å². The van der Waals surface area contributed by atoms with E-state index >= 15 is 0 Å². The summed E-state index contributed by atoms with van der Waals surface area (Å²) >= 11 is 0. The summed E-state index contributed by atoms with van der Waals surface area (Å²) in [5.74, 6) is 0.162. The summed E-state index contributed by atoms with van der Waals surface area (Å²) in [6.07, 6.45) is 4.10. The second-order valence-corrected chi connectivity index (χ2v) is 13.9. The lowest BCUT2D eigenvalue weighted by molar-refractivity contribution is -0.141. The van der Waals surface area contributed by atoms with E-state index in [9.17, 15) is 21.6 Å². The van der Waals surface area contributed by atoms with Crippen LogP contribution in [-0.2, 0) is 24.8 Å². The molecule has 1 aliphatic carbocycles. The van der Waals surface area contributed by atoms with E-state index in [1.807, 2.05) is 13.8 Å². The molecule has 10 heteroatoms. The van der Waals surface area contributed by atoms with Gasteiger partial charge in [0.2, 0.25) is 26.0 Å². The minimum Gasteiger partial charge on any atom is -0.348 e. The van der Waals surface area contributed by atoms with Gasteiger partial charge in [0.1, 0.15) is 0 Å². The lowest BCUT2D eigenvalue weighted by Crippen LogP contribution is -2.50. The summed E-state index contributed by atoms with van der Waals surface area (Å²) in [5, 5.41) is 0. The summed E-state index contributed by atoms with van der Waals surface area (Å²) in [7, 11) is -3.22. The Bertz CT molecular complexity index is 860. The SMILES string of the molecule is CC(C)CS(=O)(=O)N1CCC2(CC1)CC[C@@]1(C(=O)N(C)C)CN(S(C)(=O)=O)C[C@@H]21. The van der Waals surface area contributed by atoms with Crippen LogP contribution in [0.1, 0.15) is 39.5 Å². The molecule has 1 amide bonds. The first-order valence-electron chi connectivity index (χ1n) is 10.4. The van der Waals surface area contributed by atoms with Gasteiger partial charge in [-0.25, -0.2) is 25.4 Å². The number of amides is 1. The van der Waals surface area contributed by atoms with E-state index in [4.69, 9.17) is 0 Å². The second kappa shape index (κ2) is 7.46. The normalized spacial score (nSPS) is 30.8. The third-order valence-corrected chi connectivity index (χ3v) is 10.7. The number of piperidine rings is 1. The monoisotopic (exact) mass is 449 g/mol. The molecule has 3 aliphatic rings. The zero-order chi connectivity index (χ0) is 21.8. The van der Waals surface area contributed by atoms with Crippen molar-refractivity contribution < 1.29 is 21.6 Å². The number of hydrogen-bond acceptors (Lipinski definition) is 5. The molecule has 0 bridgehead atoms. The van der Waals surface area contributed by atoms with Gasteiger partial charge >= 0.3 is 0 Å². The van der Waals surface area contributed by atoms with E-state index in [1.54, 1.807) is 23.3 Å². The Morgan fingerprint density at radius 2 is 1.62 bits per heavy atom. The molecule has 2 aliphatic heterocycles. The quantitative estimate of drug-likeness (QED) is 0.619. The van der Waals surface area contributed by atoms with Gasteiger partial charge in [0.05, 0.1) is 17.4 Å². The van der Waals surface area contributed by atoms with Crippen molar-refractivity contribution in [1.82, 2.24) is 13.5 Å². The van der Waals surface area contributed by atoms with Gasteiger partial charge in [0.15, 0.2) is 0 Å². The Balaban J connectivity index is 1.86. The fourth-order valence-electron chi connectivity index (χ4n) is 5.90. The van der Waals surface area contributed by atoms with Crippen molar-refractivity contribution >= 4 is 26.0 Å². The molecule has 2 heterocycles. The third-order valence-electron chi connectivity index (χ3n) is 7.28. The van der Waals surface area contributed by atoms with Gasteiger partial charge in [0, 0.05) is 40.3 Å². The number of fused-ring (bicyclic) bond motifs is 2. The van der Waals surface area contributed by atoms with E-state index < -0.39 is 25.5 Å². The highest BCUT2D eigenvalue weighted by Crippen LogP contribution is 2.62. The maximum Gasteiger partial charge on any atom is 0.229 e. The van der Waals surface area contributed by atoms with Crippen LogP contribution in [0.5, 0.6) is 0 Å². The maximum atomic E-state index is 13.2. The van der Waals surface area contributed by atoms with Gasteiger partial charge in [-0.05, 0) is 42.9 Å². The van der Waals surface area contributed by atoms with E-state index in [1.165, 1.54) is 10.6 Å². The number of sulfonamides is 2. The summed E-state index contributed by atoms with van der Waals surface area (Å²) < 4.78 is 52.9. The number of hydrogen-bond donors (Lipinski definition) is 0. The molecule has 0 aromatic carbocycles. The zero-order valence-electron chi connectivity index (χ0n) is 18.2. The van der Waals surface area contributed by atoms with Crippen molar-refractivity contribution in [2.45, 2.75) is 39.5 Å². The standard InChI is InChI=1S/C19H35N3O5S2/c1-15(2)13-29(26,27)21-10-8-18(9-11-21)6-7-19(17(23)20(3)4)14-22(12-16(18)19)28(5,24)25/h15-16H,6-14H2,1-5H3/t16-,19+/m0/s1. The molecule has 8 nitrogen and oxygen atoms in total. The Labute approximate surface area is 175 Å². The highest BCUT2D eigenvalue weighted by molar-refractivity contribution is 7.89. The van der Waals surface area contributed by atoms with Gasteiger partial charge in [-0.3, -0.25) is 4.79 Å². The van der Waals surface area contributed by atoms with Gasteiger partial charge < -0.3 is 4.90 Å². The van der Waals surface area contributed by atoms with Crippen LogP contribution in [0, 0.1) is 22.7 Å². The van der Waals surface area contributed by atoms with Crippen LogP contribution in [0.4, 0.5) is 0 Å². The molecule has 0 N–H and O–H groups in total. The highest BCUT2D eigenvalue weighted by Gasteiger charge is 2.65. The van der Waals surface area contributed by atoms with Crippen LogP contribution >= 0.6 is 0 Å². The predicted octanol–water partition coefficient (Wildman–Crippen LogP) is 0.814. The molecule has 2 atom stereocenters. The first kappa shape index (κ1) is 23.0. The summed E-state index contributed by atoms with van der Waals surface area (Å²) in [5.41, 5.74) is -0.861. The molecule has 0 aromatic rings. The summed E-state index contributed by atoms with van der Waals surface area (Å²) in [6.45, 7) is 5.31. The topological polar surface area (TPSA) is 95.1 Å². The molecular formula is C19H35N3O5S2. The van der Waals surface area contributed by atoms with Crippen molar-refractivity contribution in [2.24, 2.45) is 22.7 Å². The lowest BCUT2D eigenvalue weighted by atomic mass is 9.66. The van der Waals surface area contributed by atoms with Gasteiger partial charge in [0.25, 0.3) is 0 Å². The van der Waals surface area contributed by atoms with Crippen molar-refractivity contribution in [2.75, 3.05) is 52.3 Å². The lowest BCUT2D eigenvalue weighted by Gasteiger charge is -2.44. The van der Waals surface area contributed by atoms with E-state index in [0.29, 0.717) is 38.9 Å². The average molecular weight is 450 g/mol. The third kappa shape index (κ3) is 3.97. The molecule has 2 saturated heterocycles. The van der Waals surface area contributed by atoms with Crippen LogP contribution < -0.4 is 0 Å². The van der Waals surface area contributed by atoms with Crippen LogP contribution in [-0.4, -0.2) is 88.5 Å². The van der Waals surface area contributed by atoms with Crippen molar-refractivity contribution in [3.8, 4) is 0 Å². The fourth-order valence-corrected chi connectivity index (χ4v) is 8.58. The van der Waals surface area contributed by atoms with Gasteiger partial charge in [-0.2, -0.15) is 0 Å². The van der Waals surface area contributed by atoms with Crippen molar-refractivity contribution in [3.63, 3.8) is 0 Å². The van der Waals surface area contributed by atoms with Crippen LogP contribution in [0.2, 0.25) is 0 Å². The van der Waals surface area contributed by atoms with Gasteiger partial charge in [-0.1, -0.05) is 13.8 Å². The van der Waals surface area contributed by atoms with Crippen LogP contribution in [0.15, 0.2) is 0 Å². The zero-order valence-corrected chi connectivity index (χ0v) is 19.9. The molecule has 0 radical (unpaired) electrons.